The molecule has 0 fully saturated rings. The molecule has 3 rings (SSSR count). The molecule has 1 atom stereocenters. The summed E-state index contributed by atoms with van der Waals surface area (Å²) in [7, 11) is 0. The Morgan fingerprint density at radius 2 is 1.21 bits per heavy atom. The van der Waals surface area contributed by atoms with Gasteiger partial charge in [0.25, 0.3) is 0 Å². The predicted octanol–water partition coefficient (Wildman–Crippen LogP) is 10.2. The van der Waals surface area contributed by atoms with E-state index in [-0.39, 0.29) is 11.7 Å². The lowest BCUT2D eigenvalue weighted by molar-refractivity contribution is 0.0697. The van der Waals surface area contributed by atoms with Crippen LogP contribution in [0.4, 0.5) is 0 Å². The Balaban J connectivity index is 0.000000277. The molecule has 212 valence electrons. The van der Waals surface area contributed by atoms with Crippen LogP contribution in [0.3, 0.4) is 0 Å². The summed E-state index contributed by atoms with van der Waals surface area (Å²) >= 11 is 0. The number of carbonyl (C=O) groups is 1. The first-order valence-corrected chi connectivity index (χ1v) is 14.8. The Hall–Kier alpha value is -3.27. The van der Waals surface area contributed by atoms with Gasteiger partial charge in [-0.05, 0) is 73.7 Å². The normalized spacial score (nSPS) is 11.3. The van der Waals surface area contributed by atoms with Crippen molar-refractivity contribution in [2.45, 2.75) is 97.5 Å². The zero-order chi connectivity index (χ0) is 28.1. The summed E-state index contributed by atoms with van der Waals surface area (Å²) < 4.78 is 11.5. The number of unbranched alkanes of at least 4 members (excludes halogenated alkanes) is 8. The van der Waals surface area contributed by atoms with E-state index in [1.165, 1.54) is 68.9 Å². The van der Waals surface area contributed by atoms with Crippen LogP contribution in [0.5, 0.6) is 11.5 Å². The molecule has 3 aromatic rings. The quantitative estimate of drug-likeness (QED) is 0.176. The number of carboxylic acid groups (broad SMARTS) is 1. The van der Waals surface area contributed by atoms with E-state index >= 15 is 0 Å². The SMILES string of the molecule is CCCCCCC(C)Oc1ccc(C(=O)O)cc1.CCCCCCCCOc1ccc(-c2ccccc2)cc1. The summed E-state index contributed by atoms with van der Waals surface area (Å²) in [5.41, 5.74) is 2.78. The summed E-state index contributed by atoms with van der Waals surface area (Å²) in [5, 5.41) is 8.78. The molecule has 0 heterocycles. The van der Waals surface area contributed by atoms with Crippen LogP contribution < -0.4 is 9.47 Å². The second kappa shape index (κ2) is 19.7. The molecule has 39 heavy (non-hydrogen) atoms. The zero-order valence-corrected chi connectivity index (χ0v) is 24.2. The number of rotatable bonds is 17. The number of hydrogen-bond donors (Lipinski definition) is 1. The van der Waals surface area contributed by atoms with Gasteiger partial charge in [-0.15, -0.1) is 0 Å². The van der Waals surface area contributed by atoms with E-state index in [2.05, 4.69) is 69.3 Å². The van der Waals surface area contributed by atoms with Crippen molar-refractivity contribution >= 4 is 5.97 Å². The molecule has 0 spiro atoms. The first kappa shape index (κ1) is 31.9. The summed E-state index contributed by atoms with van der Waals surface area (Å²) in [5.74, 6) is 0.806. The van der Waals surface area contributed by atoms with Gasteiger partial charge in [0.15, 0.2) is 0 Å². The molecule has 1 N–H and O–H groups in total. The van der Waals surface area contributed by atoms with Crippen LogP contribution in [0.1, 0.15) is 102 Å². The van der Waals surface area contributed by atoms with E-state index in [1.54, 1.807) is 24.3 Å². The van der Waals surface area contributed by atoms with E-state index in [0.717, 1.165) is 30.9 Å². The second-order valence-electron chi connectivity index (χ2n) is 10.1. The summed E-state index contributed by atoms with van der Waals surface area (Å²) in [4.78, 5) is 10.7. The number of ether oxygens (including phenoxy) is 2. The van der Waals surface area contributed by atoms with Crippen molar-refractivity contribution in [3.8, 4) is 22.6 Å². The second-order valence-corrected chi connectivity index (χ2v) is 10.1. The maximum atomic E-state index is 10.7. The van der Waals surface area contributed by atoms with E-state index in [9.17, 15) is 4.79 Å². The topological polar surface area (TPSA) is 55.8 Å². The van der Waals surface area contributed by atoms with Crippen LogP contribution >= 0.6 is 0 Å². The predicted molar refractivity (Wildman–Crippen MR) is 163 cm³/mol. The van der Waals surface area contributed by atoms with Crippen molar-refractivity contribution in [1.29, 1.82) is 0 Å². The fraction of sp³-hybridized carbons (Fsp3) is 0.457. The van der Waals surface area contributed by atoms with Gasteiger partial charge in [0.2, 0.25) is 0 Å². The van der Waals surface area contributed by atoms with Gasteiger partial charge in [-0.3, -0.25) is 0 Å². The molecule has 1 unspecified atom stereocenters. The van der Waals surface area contributed by atoms with Gasteiger partial charge in [-0.2, -0.15) is 0 Å². The number of hydrogen-bond acceptors (Lipinski definition) is 3. The van der Waals surface area contributed by atoms with Gasteiger partial charge >= 0.3 is 5.97 Å². The monoisotopic (exact) mass is 532 g/mol. The molecule has 0 saturated carbocycles. The fourth-order valence-corrected chi connectivity index (χ4v) is 4.27. The minimum absolute atomic E-state index is 0.178. The molecule has 0 aliphatic heterocycles. The first-order valence-electron chi connectivity index (χ1n) is 14.8. The molecule has 0 aliphatic carbocycles. The van der Waals surface area contributed by atoms with Gasteiger partial charge in [0, 0.05) is 0 Å². The smallest absolute Gasteiger partial charge is 0.335 e. The Labute approximate surface area is 236 Å². The van der Waals surface area contributed by atoms with Crippen LogP contribution in [0.2, 0.25) is 0 Å². The number of benzene rings is 3. The minimum Gasteiger partial charge on any atom is -0.494 e. The lowest BCUT2D eigenvalue weighted by Gasteiger charge is -2.14. The third-order valence-corrected chi connectivity index (χ3v) is 6.63. The Kier molecular flexibility index (Phi) is 16.2. The lowest BCUT2D eigenvalue weighted by atomic mass is 10.1. The molecule has 4 nitrogen and oxygen atoms in total. The van der Waals surface area contributed by atoms with Crippen LogP contribution in [-0.2, 0) is 0 Å². The molecule has 0 aliphatic rings. The highest BCUT2D eigenvalue weighted by Gasteiger charge is 2.06. The third-order valence-electron chi connectivity index (χ3n) is 6.63. The third kappa shape index (κ3) is 13.9. The number of aromatic carboxylic acids is 1. The molecule has 3 aromatic carbocycles. The van der Waals surface area contributed by atoms with Crippen LogP contribution in [0, 0.1) is 0 Å². The standard InChI is InChI=1S/C20H26O.C15H22O3/c1-2-3-4-5-6-10-17-21-20-15-13-19(14-16-20)18-11-8-7-9-12-18;1-3-4-5-6-7-12(2)18-14-10-8-13(9-11-14)15(16)17/h7-9,11-16H,2-6,10,17H2,1H3;8-12H,3-7H2,1-2H3,(H,16,17). The Bertz CT molecular complexity index is 1010. The molecule has 4 heteroatoms. The number of carboxylic acids is 1. The average Bonchev–Trinajstić information content (AvgIpc) is 2.96. The van der Waals surface area contributed by atoms with Crippen molar-refractivity contribution in [2.75, 3.05) is 6.61 Å². The van der Waals surface area contributed by atoms with Gasteiger partial charge in [0.05, 0.1) is 18.3 Å². The van der Waals surface area contributed by atoms with E-state index < -0.39 is 5.97 Å². The molecule has 0 amide bonds. The Morgan fingerprint density at radius 1 is 0.667 bits per heavy atom. The lowest BCUT2D eigenvalue weighted by Crippen LogP contribution is -2.11. The highest BCUT2D eigenvalue weighted by molar-refractivity contribution is 5.87. The summed E-state index contributed by atoms with van der Waals surface area (Å²) in [6.07, 6.45) is 14.0. The van der Waals surface area contributed by atoms with Crippen molar-refractivity contribution in [1.82, 2.24) is 0 Å². The van der Waals surface area contributed by atoms with Gasteiger partial charge in [-0.25, -0.2) is 4.79 Å². The highest BCUT2D eigenvalue weighted by atomic mass is 16.5. The van der Waals surface area contributed by atoms with Gasteiger partial charge < -0.3 is 14.6 Å². The molecule has 0 bridgehead atoms. The van der Waals surface area contributed by atoms with E-state index in [0.29, 0.717) is 0 Å². The van der Waals surface area contributed by atoms with E-state index in [1.807, 2.05) is 6.07 Å². The average molecular weight is 533 g/mol. The summed E-state index contributed by atoms with van der Waals surface area (Å²) in [6, 6.07) is 25.4. The molecular formula is C35H48O4. The van der Waals surface area contributed by atoms with Gasteiger partial charge in [0.1, 0.15) is 11.5 Å². The van der Waals surface area contributed by atoms with Crippen molar-refractivity contribution in [2.24, 2.45) is 0 Å². The van der Waals surface area contributed by atoms with Crippen LogP contribution in [0.15, 0.2) is 78.9 Å². The first-order chi connectivity index (χ1) is 19.0. The van der Waals surface area contributed by atoms with Crippen molar-refractivity contribution in [3.05, 3.63) is 84.4 Å². The van der Waals surface area contributed by atoms with Crippen LogP contribution in [0.25, 0.3) is 11.1 Å². The van der Waals surface area contributed by atoms with Crippen molar-refractivity contribution in [3.63, 3.8) is 0 Å². The van der Waals surface area contributed by atoms with E-state index in [4.69, 9.17) is 14.6 Å². The maximum Gasteiger partial charge on any atom is 0.335 e. The fourth-order valence-electron chi connectivity index (χ4n) is 4.27. The molecular weight excluding hydrogens is 484 g/mol. The van der Waals surface area contributed by atoms with Crippen LogP contribution in [-0.4, -0.2) is 23.8 Å². The molecule has 0 radical (unpaired) electrons. The largest absolute Gasteiger partial charge is 0.494 e. The highest BCUT2D eigenvalue weighted by Crippen LogP contribution is 2.22. The summed E-state index contributed by atoms with van der Waals surface area (Å²) in [6.45, 7) is 7.33. The molecule has 0 saturated heterocycles. The zero-order valence-electron chi connectivity index (χ0n) is 24.2. The molecule has 0 aromatic heterocycles. The minimum atomic E-state index is -0.908. The maximum absolute atomic E-state index is 10.7. The van der Waals surface area contributed by atoms with Crippen molar-refractivity contribution < 1.29 is 19.4 Å². The Morgan fingerprint density at radius 3 is 1.82 bits per heavy atom. The van der Waals surface area contributed by atoms with Gasteiger partial charge in [-0.1, -0.05) is 108 Å².